The minimum absolute atomic E-state index is 0.291. The fourth-order valence-corrected chi connectivity index (χ4v) is 2.68. The molecular formula is C16H12F2N2O2S. The van der Waals surface area contributed by atoms with E-state index >= 15 is 0 Å². The Morgan fingerprint density at radius 1 is 1.17 bits per heavy atom. The van der Waals surface area contributed by atoms with Gasteiger partial charge in [-0.3, -0.25) is 0 Å². The molecular weight excluding hydrogens is 322 g/mol. The molecule has 0 fully saturated rings. The van der Waals surface area contributed by atoms with E-state index < -0.39 is 11.6 Å². The van der Waals surface area contributed by atoms with Crippen LogP contribution in [0.25, 0.3) is 11.4 Å². The molecule has 0 aliphatic heterocycles. The van der Waals surface area contributed by atoms with E-state index in [1.54, 1.807) is 13.2 Å². The van der Waals surface area contributed by atoms with Gasteiger partial charge < -0.3 is 9.26 Å². The highest BCUT2D eigenvalue weighted by molar-refractivity contribution is 7.98. The van der Waals surface area contributed by atoms with Crippen LogP contribution in [0.15, 0.2) is 51.9 Å². The maximum Gasteiger partial charge on any atom is 0.237 e. The van der Waals surface area contributed by atoms with Gasteiger partial charge in [0.1, 0.15) is 17.4 Å². The number of rotatable bonds is 5. The Balaban J connectivity index is 1.72. The van der Waals surface area contributed by atoms with Crippen molar-refractivity contribution in [2.24, 2.45) is 0 Å². The number of ether oxygens (including phenoxy) is 1. The van der Waals surface area contributed by atoms with Gasteiger partial charge in [-0.1, -0.05) is 17.3 Å². The van der Waals surface area contributed by atoms with Gasteiger partial charge in [-0.2, -0.15) is 4.98 Å². The van der Waals surface area contributed by atoms with Crippen molar-refractivity contribution in [3.8, 4) is 17.1 Å². The van der Waals surface area contributed by atoms with E-state index in [1.165, 1.54) is 12.1 Å². The molecule has 0 bridgehead atoms. The first-order chi connectivity index (χ1) is 11.2. The fourth-order valence-electron chi connectivity index (χ4n) is 1.92. The van der Waals surface area contributed by atoms with E-state index in [1.807, 2.05) is 18.2 Å². The van der Waals surface area contributed by atoms with Crippen LogP contribution in [0.1, 0.15) is 5.89 Å². The van der Waals surface area contributed by atoms with Gasteiger partial charge in [-0.15, -0.1) is 11.8 Å². The molecule has 0 atom stereocenters. The molecule has 118 valence electrons. The van der Waals surface area contributed by atoms with Crippen molar-refractivity contribution in [2.45, 2.75) is 10.6 Å². The van der Waals surface area contributed by atoms with Crippen LogP contribution in [0.3, 0.4) is 0 Å². The van der Waals surface area contributed by atoms with Crippen LogP contribution >= 0.6 is 11.8 Å². The number of halogens is 2. The van der Waals surface area contributed by atoms with Crippen molar-refractivity contribution in [2.75, 3.05) is 7.11 Å². The first-order valence-corrected chi connectivity index (χ1v) is 7.69. The predicted octanol–water partition coefficient (Wildman–Crippen LogP) is 4.32. The summed E-state index contributed by atoms with van der Waals surface area (Å²) in [5.74, 6) is 0.555. The highest BCUT2D eigenvalue weighted by atomic mass is 32.2. The van der Waals surface area contributed by atoms with Crippen molar-refractivity contribution in [1.29, 1.82) is 0 Å². The molecule has 3 aromatic rings. The highest BCUT2D eigenvalue weighted by Crippen LogP contribution is 2.27. The lowest BCUT2D eigenvalue weighted by Crippen LogP contribution is -1.87. The number of thioether (sulfide) groups is 1. The second kappa shape index (κ2) is 6.78. The topological polar surface area (TPSA) is 48.2 Å². The molecule has 0 saturated heterocycles. The Morgan fingerprint density at radius 3 is 2.83 bits per heavy atom. The lowest BCUT2D eigenvalue weighted by atomic mass is 10.2. The van der Waals surface area contributed by atoms with Gasteiger partial charge in [0.05, 0.1) is 12.9 Å². The third-order valence-electron chi connectivity index (χ3n) is 3.04. The summed E-state index contributed by atoms with van der Waals surface area (Å²) in [6.45, 7) is 0. The van der Waals surface area contributed by atoms with Gasteiger partial charge in [0.15, 0.2) is 0 Å². The Morgan fingerprint density at radius 2 is 2.04 bits per heavy atom. The first kappa shape index (κ1) is 15.5. The molecule has 0 radical (unpaired) electrons. The van der Waals surface area contributed by atoms with Crippen LogP contribution in [0.5, 0.6) is 5.75 Å². The third kappa shape index (κ3) is 3.68. The zero-order valence-electron chi connectivity index (χ0n) is 12.1. The maximum atomic E-state index is 13.6. The van der Waals surface area contributed by atoms with Crippen molar-refractivity contribution in [1.82, 2.24) is 10.1 Å². The van der Waals surface area contributed by atoms with Gasteiger partial charge in [0, 0.05) is 16.5 Å². The summed E-state index contributed by atoms with van der Waals surface area (Å²) in [5.41, 5.74) is 0.761. The quantitative estimate of drug-likeness (QED) is 0.651. The average Bonchev–Trinajstić information content (AvgIpc) is 3.03. The summed E-state index contributed by atoms with van der Waals surface area (Å²) in [7, 11) is 1.58. The molecule has 0 spiro atoms. The summed E-state index contributed by atoms with van der Waals surface area (Å²) < 4.78 is 36.7. The van der Waals surface area contributed by atoms with E-state index in [0.29, 0.717) is 28.1 Å². The molecule has 0 saturated carbocycles. The normalized spacial score (nSPS) is 10.7. The SMILES string of the molecule is COc1cccc(-c2noc(CSc3ccc(F)cc3F)n2)c1. The minimum atomic E-state index is -0.609. The van der Waals surface area contributed by atoms with Gasteiger partial charge >= 0.3 is 0 Å². The van der Waals surface area contributed by atoms with E-state index in [2.05, 4.69) is 10.1 Å². The van der Waals surface area contributed by atoms with Crippen LogP contribution in [-0.4, -0.2) is 17.3 Å². The number of hydrogen-bond donors (Lipinski definition) is 0. The van der Waals surface area contributed by atoms with Crippen molar-refractivity contribution < 1.29 is 18.0 Å². The van der Waals surface area contributed by atoms with Crippen molar-refractivity contribution >= 4 is 11.8 Å². The van der Waals surface area contributed by atoms with Gasteiger partial charge in [-0.25, -0.2) is 8.78 Å². The Kier molecular flexibility index (Phi) is 4.57. The fraction of sp³-hybridized carbons (Fsp3) is 0.125. The molecule has 0 N–H and O–H groups in total. The van der Waals surface area contributed by atoms with E-state index in [0.717, 1.165) is 23.4 Å². The van der Waals surface area contributed by atoms with Gasteiger partial charge in [0.25, 0.3) is 0 Å². The zero-order chi connectivity index (χ0) is 16.2. The monoisotopic (exact) mass is 334 g/mol. The van der Waals surface area contributed by atoms with Crippen LogP contribution < -0.4 is 4.74 Å². The van der Waals surface area contributed by atoms with Gasteiger partial charge in [0.2, 0.25) is 11.7 Å². The standard InChI is InChI=1S/C16H12F2N2O2S/c1-21-12-4-2-3-10(7-12)16-19-15(22-20-16)9-23-14-6-5-11(17)8-13(14)18/h2-8H,9H2,1H3. The summed E-state index contributed by atoms with van der Waals surface area (Å²) in [6.07, 6.45) is 0. The highest BCUT2D eigenvalue weighted by Gasteiger charge is 2.11. The second-order valence-electron chi connectivity index (χ2n) is 4.61. The average molecular weight is 334 g/mol. The predicted molar refractivity (Wildman–Crippen MR) is 82.2 cm³/mol. The summed E-state index contributed by atoms with van der Waals surface area (Å²) in [6, 6.07) is 10.7. The molecule has 0 amide bonds. The van der Waals surface area contributed by atoms with Crippen LogP contribution in [-0.2, 0) is 5.75 Å². The van der Waals surface area contributed by atoms with Gasteiger partial charge in [-0.05, 0) is 24.3 Å². The number of methoxy groups -OCH3 is 1. The molecule has 4 nitrogen and oxygen atoms in total. The molecule has 1 aromatic heterocycles. The van der Waals surface area contributed by atoms with Crippen molar-refractivity contribution in [3.63, 3.8) is 0 Å². The lowest BCUT2D eigenvalue weighted by molar-refractivity contribution is 0.391. The lowest BCUT2D eigenvalue weighted by Gasteiger charge is -2.00. The molecule has 0 unspecified atom stereocenters. The molecule has 3 rings (SSSR count). The molecule has 2 aromatic carbocycles. The molecule has 0 aliphatic carbocycles. The molecule has 23 heavy (non-hydrogen) atoms. The number of benzene rings is 2. The van der Waals surface area contributed by atoms with Crippen LogP contribution in [0, 0.1) is 11.6 Å². The second-order valence-corrected chi connectivity index (χ2v) is 5.62. The van der Waals surface area contributed by atoms with E-state index in [9.17, 15) is 8.78 Å². The number of hydrogen-bond acceptors (Lipinski definition) is 5. The molecule has 0 aliphatic rings. The maximum absolute atomic E-state index is 13.6. The summed E-state index contributed by atoms with van der Waals surface area (Å²) >= 11 is 1.16. The Bertz CT molecular complexity index is 823. The van der Waals surface area contributed by atoms with E-state index in [4.69, 9.17) is 9.26 Å². The summed E-state index contributed by atoms with van der Waals surface area (Å²) in [4.78, 5) is 4.59. The van der Waals surface area contributed by atoms with E-state index in [-0.39, 0.29) is 0 Å². The minimum Gasteiger partial charge on any atom is -0.497 e. The van der Waals surface area contributed by atoms with Crippen LogP contribution in [0.2, 0.25) is 0 Å². The third-order valence-corrected chi connectivity index (χ3v) is 4.07. The Labute approximate surface area is 135 Å². The van der Waals surface area contributed by atoms with Crippen LogP contribution in [0.4, 0.5) is 8.78 Å². The largest absolute Gasteiger partial charge is 0.497 e. The first-order valence-electron chi connectivity index (χ1n) is 6.70. The van der Waals surface area contributed by atoms with Crippen molar-refractivity contribution in [3.05, 3.63) is 60.0 Å². The Hall–Kier alpha value is -2.41. The molecule has 7 heteroatoms. The molecule has 1 heterocycles. The summed E-state index contributed by atoms with van der Waals surface area (Å²) in [5, 5.41) is 3.90. The smallest absolute Gasteiger partial charge is 0.237 e. The zero-order valence-corrected chi connectivity index (χ0v) is 12.9. The number of nitrogens with zero attached hydrogens (tertiary/aromatic N) is 2. The number of aromatic nitrogens is 2.